The summed E-state index contributed by atoms with van der Waals surface area (Å²) in [7, 11) is 0. The van der Waals surface area contributed by atoms with E-state index in [4.69, 9.17) is 10.5 Å². The van der Waals surface area contributed by atoms with E-state index >= 15 is 0 Å². The summed E-state index contributed by atoms with van der Waals surface area (Å²) in [5, 5.41) is 4.05. The minimum absolute atomic E-state index is 0.119. The number of nitrogens with one attached hydrogen (secondary N) is 1. The lowest BCUT2D eigenvalue weighted by Crippen LogP contribution is -2.35. The van der Waals surface area contributed by atoms with Crippen LogP contribution in [0.25, 0.3) is 0 Å². The highest BCUT2D eigenvalue weighted by atomic mass is 16.5. The van der Waals surface area contributed by atoms with Crippen molar-refractivity contribution < 1.29 is 4.74 Å². The number of hydrazone groups is 1. The number of ether oxygens (including phenoxy) is 1. The van der Waals surface area contributed by atoms with Gasteiger partial charge in [-0.3, -0.25) is 5.43 Å². The number of nitrogens with zero attached hydrogens (tertiary/aromatic N) is 1. The van der Waals surface area contributed by atoms with Gasteiger partial charge in [0.05, 0.1) is 0 Å². The van der Waals surface area contributed by atoms with Gasteiger partial charge >= 0.3 is 0 Å². The van der Waals surface area contributed by atoms with E-state index in [2.05, 4.69) is 10.5 Å². The molecular formula is C10H19N3O. The Morgan fingerprint density at radius 1 is 1.43 bits per heavy atom. The zero-order chi connectivity index (χ0) is 9.97. The van der Waals surface area contributed by atoms with Crippen LogP contribution in [0.1, 0.15) is 32.6 Å². The highest BCUT2D eigenvalue weighted by Crippen LogP contribution is 2.31. The van der Waals surface area contributed by atoms with Gasteiger partial charge in [0.25, 0.3) is 0 Å². The summed E-state index contributed by atoms with van der Waals surface area (Å²) in [6.07, 6.45) is 5.02. The van der Waals surface area contributed by atoms with E-state index in [9.17, 15) is 0 Å². The molecule has 0 aromatic rings. The van der Waals surface area contributed by atoms with Crippen LogP contribution in [0.15, 0.2) is 5.10 Å². The fraction of sp³-hybridized carbons (Fsp3) is 0.900. The highest BCUT2D eigenvalue weighted by Gasteiger charge is 2.30. The molecule has 80 valence electrons. The van der Waals surface area contributed by atoms with Crippen LogP contribution in [0.5, 0.6) is 0 Å². The molecule has 0 spiro atoms. The second-order valence-corrected chi connectivity index (χ2v) is 4.31. The molecule has 1 aliphatic heterocycles. The van der Waals surface area contributed by atoms with E-state index in [1.807, 2.05) is 6.92 Å². The third kappa shape index (κ3) is 2.00. The summed E-state index contributed by atoms with van der Waals surface area (Å²) in [5.74, 6) is 2.10. The fourth-order valence-electron chi connectivity index (χ4n) is 2.32. The molecular weight excluding hydrogens is 178 g/mol. The first kappa shape index (κ1) is 9.77. The third-order valence-electron chi connectivity index (χ3n) is 3.30. The SMILES string of the molecule is CC1=NNC(C2CCC(CN)CC2)O1. The first-order valence-corrected chi connectivity index (χ1v) is 5.46. The van der Waals surface area contributed by atoms with Crippen LogP contribution >= 0.6 is 0 Å². The van der Waals surface area contributed by atoms with Crippen molar-refractivity contribution in [3.63, 3.8) is 0 Å². The second kappa shape index (κ2) is 4.17. The van der Waals surface area contributed by atoms with Crippen LogP contribution in [0.3, 0.4) is 0 Å². The number of rotatable bonds is 2. The largest absolute Gasteiger partial charge is 0.455 e. The molecule has 0 bridgehead atoms. The summed E-state index contributed by atoms with van der Waals surface area (Å²) in [6.45, 7) is 2.72. The molecule has 0 saturated heterocycles. The Morgan fingerprint density at radius 2 is 2.14 bits per heavy atom. The molecule has 0 aromatic heterocycles. The molecule has 4 nitrogen and oxygen atoms in total. The van der Waals surface area contributed by atoms with Gasteiger partial charge in [0.1, 0.15) is 0 Å². The van der Waals surface area contributed by atoms with Gasteiger partial charge in [-0.1, -0.05) is 0 Å². The van der Waals surface area contributed by atoms with Gasteiger partial charge < -0.3 is 10.5 Å². The lowest BCUT2D eigenvalue weighted by atomic mass is 9.81. The Balaban J connectivity index is 1.79. The Morgan fingerprint density at radius 3 is 2.64 bits per heavy atom. The minimum Gasteiger partial charge on any atom is -0.455 e. The molecule has 1 unspecified atom stereocenters. The van der Waals surface area contributed by atoms with Crippen molar-refractivity contribution in [2.75, 3.05) is 6.54 Å². The molecule has 4 heteroatoms. The van der Waals surface area contributed by atoms with Crippen LogP contribution in [0.2, 0.25) is 0 Å². The van der Waals surface area contributed by atoms with E-state index < -0.39 is 0 Å². The maximum absolute atomic E-state index is 5.65. The van der Waals surface area contributed by atoms with Crippen molar-refractivity contribution in [2.45, 2.75) is 38.8 Å². The molecule has 1 saturated carbocycles. The van der Waals surface area contributed by atoms with Gasteiger partial charge in [0.15, 0.2) is 6.23 Å². The quantitative estimate of drug-likeness (QED) is 0.695. The maximum Gasteiger partial charge on any atom is 0.204 e. The van der Waals surface area contributed by atoms with Crippen molar-refractivity contribution in [2.24, 2.45) is 22.7 Å². The molecule has 1 atom stereocenters. The summed E-state index contributed by atoms with van der Waals surface area (Å²) in [5.41, 5.74) is 8.70. The van der Waals surface area contributed by atoms with Crippen LogP contribution in [-0.4, -0.2) is 18.7 Å². The third-order valence-corrected chi connectivity index (χ3v) is 3.30. The van der Waals surface area contributed by atoms with Crippen LogP contribution in [0, 0.1) is 11.8 Å². The van der Waals surface area contributed by atoms with Crippen molar-refractivity contribution in [1.29, 1.82) is 0 Å². The zero-order valence-corrected chi connectivity index (χ0v) is 8.70. The number of hydrogen-bond acceptors (Lipinski definition) is 4. The van der Waals surface area contributed by atoms with Gasteiger partial charge in [-0.15, -0.1) is 5.10 Å². The Labute approximate surface area is 84.9 Å². The Bertz CT molecular complexity index is 221. The van der Waals surface area contributed by atoms with Crippen molar-refractivity contribution in [3.8, 4) is 0 Å². The number of hydrogen-bond donors (Lipinski definition) is 2. The van der Waals surface area contributed by atoms with E-state index in [-0.39, 0.29) is 6.23 Å². The predicted octanol–water partition coefficient (Wildman–Crippen LogP) is 1.03. The summed E-state index contributed by atoms with van der Waals surface area (Å²) in [6, 6.07) is 0. The van der Waals surface area contributed by atoms with E-state index in [0.29, 0.717) is 5.92 Å². The standard InChI is InChI=1S/C10H19N3O/c1-7-12-13-10(14-7)9-4-2-8(6-11)3-5-9/h8-10,13H,2-6,11H2,1H3. The van der Waals surface area contributed by atoms with Gasteiger partial charge in [-0.25, -0.2) is 0 Å². The first-order valence-electron chi connectivity index (χ1n) is 5.46. The molecule has 3 N–H and O–H groups in total. The van der Waals surface area contributed by atoms with Gasteiger partial charge in [0, 0.05) is 12.8 Å². The molecule has 2 rings (SSSR count). The molecule has 0 radical (unpaired) electrons. The molecule has 14 heavy (non-hydrogen) atoms. The zero-order valence-electron chi connectivity index (χ0n) is 8.70. The van der Waals surface area contributed by atoms with Gasteiger partial charge in [-0.05, 0) is 38.1 Å². The Kier molecular flexibility index (Phi) is 2.91. The fourth-order valence-corrected chi connectivity index (χ4v) is 2.32. The van der Waals surface area contributed by atoms with Crippen molar-refractivity contribution >= 4 is 5.90 Å². The normalized spacial score (nSPS) is 37.3. The molecule has 1 heterocycles. The molecule has 0 aromatic carbocycles. The lowest BCUT2D eigenvalue weighted by molar-refractivity contribution is 0.0809. The van der Waals surface area contributed by atoms with Crippen LogP contribution < -0.4 is 11.2 Å². The predicted molar refractivity (Wildman–Crippen MR) is 55.6 cm³/mol. The topological polar surface area (TPSA) is 59.6 Å². The van der Waals surface area contributed by atoms with Crippen molar-refractivity contribution in [3.05, 3.63) is 0 Å². The monoisotopic (exact) mass is 197 g/mol. The lowest BCUT2D eigenvalue weighted by Gasteiger charge is -2.30. The molecule has 0 amide bonds. The van der Waals surface area contributed by atoms with Crippen LogP contribution in [-0.2, 0) is 4.74 Å². The number of nitrogens with two attached hydrogens (primary N) is 1. The summed E-state index contributed by atoms with van der Waals surface area (Å²) < 4.78 is 5.58. The van der Waals surface area contributed by atoms with Gasteiger partial charge in [0.2, 0.25) is 5.90 Å². The average Bonchev–Trinajstić information content (AvgIpc) is 2.65. The Hall–Kier alpha value is -0.770. The van der Waals surface area contributed by atoms with E-state index in [1.54, 1.807) is 0 Å². The maximum atomic E-state index is 5.65. The smallest absolute Gasteiger partial charge is 0.204 e. The molecule has 2 aliphatic rings. The summed E-state index contributed by atoms with van der Waals surface area (Å²) in [4.78, 5) is 0. The average molecular weight is 197 g/mol. The summed E-state index contributed by atoms with van der Waals surface area (Å²) >= 11 is 0. The van der Waals surface area contributed by atoms with Crippen molar-refractivity contribution in [1.82, 2.24) is 5.43 Å². The second-order valence-electron chi connectivity index (χ2n) is 4.31. The van der Waals surface area contributed by atoms with Crippen LogP contribution in [0.4, 0.5) is 0 Å². The minimum atomic E-state index is 0.119. The first-order chi connectivity index (χ1) is 6.79. The van der Waals surface area contributed by atoms with E-state index in [1.165, 1.54) is 25.7 Å². The van der Waals surface area contributed by atoms with E-state index in [0.717, 1.165) is 18.4 Å². The highest BCUT2D eigenvalue weighted by molar-refractivity contribution is 5.74. The molecule has 1 fully saturated rings. The van der Waals surface area contributed by atoms with Gasteiger partial charge in [-0.2, -0.15) is 0 Å². The molecule has 1 aliphatic carbocycles.